The number of methoxy groups -OCH3 is 1. The van der Waals surface area contributed by atoms with Crippen molar-refractivity contribution in [1.29, 1.82) is 0 Å². The molecule has 1 aromatic carbocycles. The molecule has 0 radical (unpaired) electrons. The van der Waals surface area contributed by atoms with Crippen LogP contribution in [0.25, 0.3) is 16.9 Å². The van der Waals surface area contributed by atoms with Gasteiger partial charge in [-0.2, -0.15) is 14.6 Å². The summed E-state index contributed by atoms with van der Waals surface area (Å²) in [5.74, 6) is -2.60. The number of carbonyl (C=O) groups is 2. The summed E-state index contributed by atoms with van der Waals surface area (Å²) >= 11 is 0. The number of para-hydroxylation sites is 1. The number of anilines is 1. The van der Waals surface area contributed by atoms with Gasteiger partial charge >= 0.3 is 6.03 Å². The Bertz CT molecular complexity index is 1650. The van der Waals surface area contributed by atoms with Crippen LogP contribution in [0.3, 0.4) is 0 Å². The zero-order valence-electron chi connectivity index (χ0n) is 23.7. The summed E-state index contributed by atoms with van der Waals surface area (Å²) < 4.78 is 34.3. The molecule has 0 bridgehead atoms. The van der Waals surface area contributed by atoms with Crippen LogP contribution in [0.5, 0.6) is 0 Å². The molecule has 3 amide bonds. The van der Waals surface area contributed by atoms with Crippen LogP contribution in [0, 0.1) is 25.6 Å². The van der Waals surface area contributed by atoms with Gasteiger partial charge in [0.25, 0.3) is 5.91 Å². The van der Waals surface area contributed by atoms with E-state index in [2.05, 4.69) is 20.6 Å². The summed E-state index contributed by atoms with van der Waals surface area (Å²) in [6.45, 7) is 4.52. The molecule has 3 aromatic heterocycles. The Labute approximate surface area is 245 Å². The first-order chi connectivity index (χ1) is 20.7. The number of aryl methyl sites for hydroxylation is 1. The minimum absolute atomic E-state index is 0.158. The number of pyridine rings is 2. The van der Waals surface area contributed by atoms with Gasteiger partial charge in [-0.1, -0.05) is 18.2 Å². The van der Waals surface area contributed by atoms with E-state index in [0.29, 0.717) is 47.0 Å². The quantitative estimate of drug-likeness (QED) is 0.250. The van der Waals surface area contributed by atoms with Crippen LogP contribution < -0.4 is 16.4 Å². The average Bonchev–Trinajstić information content (AvgIpc) is 3.53. The number of ether oxygens (including phenoxy) is 1. The third-order valence-electron chi connectivity index (χ3n) is 6.98. The number of amides is 3. The maximum Gasteiger partial charge on any atom is 0.320 e. The Hall–Kier alpha value is -4.79. The number of primary amides is 1. The van der Waals surface area contributed by atoms with Crippen LogP contribution in [0.4, 0.5) is 19.4 Å². The number of benzene rings is 1. The van der Waals surface area contributed by atoms with E-state index in [1.54, 1.807) is 36.8 Å². The van der Waals surface area contributed by atoms with Crippen LogP contribution in [0.2, 0.25) is 0 Å². The van der Waals surface area contributed by atoms with Crippen LogP contribution in [-0.4, -0.2) is 69.6 Å². The molecule has 0 spiro atoms. The molecule has 2 atom stereocenters. The number of nitrogens with one attached hydrogen (secondary N) is 2. The summed E-state index contributed by atoms with van der Waals surface area (Å²) in [4.78, 5) is 38.8. The van der Waals surface area contributed by atoms with Crippen LogP contribution in [-0.2, 0) is 9.57 Å². The zero-order chi connectivity index (χ0) is 30.7. The SMILES string of the molecule is COCCN1C[C@@H](NC(=O)Nc2c(C)c(-c3cnc(C(N)=O)c(C)c3)nn2-c2ccccc2)[C@H](c2cnc(F)c(F)c2)O1. The molecule has 1 aliphatic heterocycles. The number of hydrogen-bond acceptors (Lipinski definition) is 8. The molecule has 0 unspecified atom stereocenters. The van der Waals surface area contributed by atoms with Gasteiger partial charge in [-0.25, -0.2) is 18.9 Å². The van der Waals surface area contributed by atoms with E-state index in [4.69, 9.17) is 20.4 Å². The third kappa shape index (κ3) is 6.35. The minimum Gasteiger partial charge on any atom is -0.383 e. The van der Waals surface area contributed by atoms with Gasteiger partial charge in [0.15, 0.2) is 5.82 Å². The largest absolute Gasteiger partial charge is 0.383 e. The maximum absolute atomic E-state index is 14.0. The summed E-state index contributed by atoms with van der Waals surface area (Å²) in [7, 11) is 1.55. The van der Waals surface area contributed by atoms with Gasteiger partial charge < -0.3 is 15.8 Å². The summed E-state index contributed by atoms with van der Waals surface area (Å²) in [6.07, 6.45) is 1.85. The van der Waals surface area contributed by atoms with E-state index in [1.807, 2.05) is 30.3 Å². The number of urea groups is 1. The minimum atomic E-state index is -1.23. The number of aromatic nitrogens is 4. The number of hydrogen-bond donors (Lipinski definition) is 3. The monoisotopic (exact) mass is 592 g/mol. The van der Waals surface area contributed by atoms with Gasteiger partial charge in [0, 0.05) is 49.3 Å². The molecule has 4 N–H and O–H groups in total. The molecule has 0 saturated carbocycles. The Balaban J connectivity index is 1.45. The standard InChI is InChI=1S/C29H30F2N8O4/c1-16-11-18(13-33-23(16)27(32)40)24-17(2)28(39(37-24)20-7-5-4-6-8-20)36-29(41)35-22-15-38(9-10-42-3)43-25(22)19-12-21(30)26(31)34-14-19/h4-8,11-14,22,25H,9-10,15H2,1-3H3,(H2,32,40)(H2,35,36,41)/t22-,25+/m1/s1. The van der Waals surface area contributed by atoms with Gasteiger partial charge in [-0.15, -0.1) is 0 Å². The second-order valence-electron chi connectivity index (χ2n) is 9.98. The molecule has 4 aromatic rings. The topological polar surface area (TPSA) is 150 Å². The lowest BCUT2D eigenvalue weighted by Gasteiger charge is -2.19. The Morgan fingerprint density at radius 3 is 2.58 bits per heavy atom. The first-order valence-electron chi connectivity index (χ1n) is 13.4. The molecule has 4 heterocycles. The van der Waals surface area contributed by atoms with Crippen molar-refractivity contribution in [2.75, 3.05) is 32.1 Å². The van der Waals surface area contributed by atoms with Crippen molar-refractivity contribution in [2.24, 2.45) is 5.73 Å². The normalized spacial score (nSPS) is 16.8. The lowest BCUT2D eigenvalue weighted by atomic mass is 10.0. The average molecular weight is 593 g/mol. The van der Waals surface area contributed by atoms with E-state index in [0.717, 1.165) is 6.07 Å². The van der Waals surface area contributed by atoms with Crippen LogP contribution >= 0.6 is 0 Å². The molecule has 1 saturated heterocycles. The van der Waals surface area contributed by atoms with Gasteiger partial charge in [0.05, 0.1) is 24.0 Å². The van der Waals surface area contributed by atoms with Gasteiger partial charge in [0.2, 0.25) is 5.95 Å². The fourth-order valence-electron chi connectivity index (χ4n) is 4.88. The van der Waals surface area contributed by atoms with Crippen molar-refractivity contribution in [3.63, 3.8) is 0 Å². The van der Waals surface area contributed by atoms with Gasteiger partial charge in [-0.05, 0) is 43.7 Å². The fourth-order valence-corrected chi connectivity index (χ4v) is 4.88. The van der Waals surface area contributed by atoms with E-state index < -0.39 is 35.8 Å². The van der Waals surface area contributed by atoms with E-state index in [9.17, 15) is 18.4 Å². The fraction of sp³-hybridized carbons (Fsp3) is 0.276. The summed E-state index contributed by atoms with van der Waals surface area (Å²) in [5.41, 5.74) is 8.91. The summed E-state index contributed by atoms with van der Waals surface area (Å²) in [6, 6.07) is 10.7. The van der Waals surface area contributed by atoms with Gasteiger partial charge in [-0.3, -0.25) is 19.9 Å². The molecule has 1 aliphatic rings. The zero-order valence-corrected chi connectivity index (χ0v) is 23.7. The smallest absolute Gasteiger partial charge is 0.320 e. The molecular weight excluding hydrogens is 562 g/mol. The second-order valence-corrected chi connectivity index (χ2v) is 9.98. The second kappa shape index (κ2) is 12.6. The molecule has 12 nitrogen and oxygen atoms in total. The van der Waals surface area contributed by atoms with E-state index >= 15 is 0 Å². The molecule has 14 heteroatoms. The first kappa shape index (κ1) is 29.7. The number of halogens is 2. The molecule has 0 aliphatic carbocycles. The van der Waals surface area contributed by atoms with Crippen molar-refractivity contribution in [3.8, 4) is 16.9 Å². The molecule has 224 valence electrons. The highest BCUT2D eigenvalue weighted by atomic mass is 19.2. The van der Waals surface area contributed by atoms with Crippen molar-refractivity contribution >= 4 is 17.8 Å². The highest BCUT2D eigenvalue weighted by Crippen LogP contribution is 2.32. The molecule has 43 heavy (non-hydrogen) atoms. The molecule has 5 rings (SSSR count). The van der Waals surface area contributed by atoms with Crippen LogP contribution in [0.15, 0.2) is 54.9 Å². The number of carbonyl (C=O) groups excluding carboxylic acids is 2. The lowest BCUT2D eigenvalue weighted by molar-refractivity contribution is -0.154. The first-order valence-corrected chi connectivity index (χ1v) is 13.4. The highest BCUT2D eigenvalue weighted by molar-refractivity contribution is 5.93. The predicted octanol–water partition coefficient (Wildman–Crippen LogP) is 3.45. The number of nitrogens with zero attached hydrogens (tertiary/aromatic N) is 5. The van der Waals surface area contributed by atoms with Crippen LogP contribution in [0.1, 0.15) is 33.3 Å². The van der Waals surface area contributed by atoms with Crippen molar-refractivity contribution in [1.82, 2.24) is 30.1 Å². The van der Waals surface area contributed by atoms with Gasteiger partial charge in [0.1, 0.15) is 17.6 Å². The highest BCUT2D eigenvalue weighted by Gasteiger charge is 2.37. The van der Waals surface area contributed by atoms with Crippen molar-refractivity contribution in [3.05, 3.63) is 89.0 Å². The number of rotatable bonds is 9. The van der Waals surface area contributed by atoms with Crippen molar-refractivity contribution in [2.45, 2.75) is 26.0 Å². The predicted molar refractivity (Wildman–Crippen MR) is 152 cm³/mol. The Morgan fingerprint density at radius 1 is 1.14 bits per heavy atom. The number of nitrogens with two attached hydrogens (primary N) is 1. The summed E-state index contributed by atoms with van der Waals surface area (Å²) in [5, 5.41) is 12.1. The number of hydroxylamine groups is 2. The molecular formula is C29H30F2N8O4. The van der Waals surface area contributed by atoms with E-state index in [1.165, 1.54) is 12.4 Å². The maximum atomic E-state index is 14.0. The van der Waals surface area contributed by atoms with E-state index in [-0.39, 0.29) is 17.8 Å². The Kier molecular flexibility index (Phi) is 8.71. The third-order valence-corrected chi connectivity index (χ3v) is 6.98. The molecule has 1 fully saturated rings. The van der Waals surface area contributed by atoms with Crippen molar-refractivity contribution < 1.29 is 27.9 Å². The lowest BCUT2D eigenvalue weighted by Crippen LogP contribution is -2.42. The Morgan fingerprint density at radius 2 is 1.91 bits per heavy atom.